The minimum Gasteiger partial charge on any atom is -0.465 e. The number of nitrogens with zero attached hydrogens (tertiary/aromatic N) is 2. The van der Waals surface area contributed by atoms with E-state index in [1.165, 1.54) is 24.3 Å². The first-order chi connectivity index (χ1) is 13.7. The van der Waals surface area contributed by atoms with Crippen LogP contribution < -0.4 is 5.32 Å². The Morgan fingerprint density at radius 2 is 1.79 bits per heavy atom. The molecule has 8 heteroatoms. The topological polar surface area (TPSA) is 105 Å². The number of carboxylic acid groups (broad SMARTS) is 1. The Bertz CT molecular complexity index is 1080. The van der Waals surface area contributed by atoms with Crippen molar-refractivity contribution in [3.05, 3.63) is 82.3 Å². The number of aromatic nitrogens is 1. The van der Waals surface area contributed by atoms with E-state index in [0.717, 1.165) is 11.8 Å². The van der Waals surface area contributed by atoms with Crippen LogP contribution >= 0.6 is 0 Å². The summed E-state index contributed by atoms with van der Waals surface area (Å²) in [6.07, 6.45) is -0.0123. The number of hydrogen-bond acceptors (Lipinski definition) is 4. The first-order valence-electron chi connectivity index (χ1n) is 8.70. The molecule has 3 rings (SSSR count). The van der Waals surface area contributed by atoms with Gasteiger partial charge in [-0.05, 0) is 25.5 Å². The third kappa shape index (κ3) is 4.21. The van der Waals surface area contributed by atoms with Gasteiger partial charge in [0.25, 0.3) is 5.69 Å². The quantitative estimate of drug-likeness (QED) is 0.469. The van der Waals surface area contributed by atoms with Gasteiger partial charge in [0.1, 0.15) is 12.0 Å². The molecule has 29 heavy (non-hydrogen) atoms. The average Bonchev–Trinajstić information content (AvgIpc) is 2.67. The van der Waals surface area contributed by atoms with Crippen LogP contribution in [0.25, 0.3) is 22.4 Å². The molecule has 148 valence electrons. The maximum absolute atomic E-state index is 14.4. The Kier molecular flexibility index (Phi) is 5.27. The molecule has 0 aliphatic heterocycles. The molecule has 0 aliphatic rings. The van der Waals surface area contributed by atoms with E-state index in [-0.39, 0.29) is 11.3 Å². The minimum atomic E-state index is -1.14. The van der Waals surface area contributed by atoms with E-state index < -0.39 is 22.4 Å². The first-order valence-corrected chi connectivity index (χ1v) is 8.70. The third-order valence-corrected chi connectivity index (χ3v) is 4.55. The smallest absolute Gasteiger partial charge is 0.405 e. The van der Waals surface area contributed by atoms with Gasteiger partial charge in [-0.1, -0.05) is 42.5 Å². The molecular weight excluding hydrogens is 377 g/mol. The van der Waals surface area contributed by atoms with Crippen LogP contribution in [0.3, 0.4) is 0 Å². The second kappa shape index (κ2) is 7.67. The lowest BCUT2D eigenvalue weighted by Crippen LogP contribution is -2.39. The number of nitro groups is 1. The highest BCUT2D eigenvalue weighted by molar-refractivity contribution is 5.82. The van der Waals surface area contributed by atoms with Crippen molar-refractivity contribution in [3.8, 4) is 22.4 Å². The average molecular weight is 395 g/mol. The van der Waals surface area contributed by atoms with Crippen LogP contribution in [0.1, 0.15) is 19.4 Å². The summed E-state index contributed by atoms with van der Waals surface area (Å²) >= 11 is 0. The molecule has 0 atom stereocenters. The first kappa shape index (κ1) is 19.9. The summed E-state index contributed by atoms with van der Waals surface area (Å²) in [6.45, 7) is 3.45. The van der Waals surface area contributed by atoms with Gasteiger partial charge in [-0.25, -0.2) is 14.2 Å². The maximum Gasteiger partial charge on any atom is 0.405 e. The van der Waals surface area contributed by atoms with Crippen LogP contribution in [-0.2, 0) is 5.54 Å². The lowest BCUT2D eigenvalue weighted by atomic mass is 9.92. The molecular formula is C21H18FN3O4. The molecule has 0 fully saturated rings. The zero-order valence-corrected chi connectivity index (χ0v) is 15.7. The molecule has 0 aliphatic carbocycles. The van der Waals surface area contributed by atoms with Crippen LogP contribution in [0, 0.1) is 15.9 Å². The van der Waals surface area contributed by atoms with Crippen molar-refractivity contribution in [2.24, 2.45) is 0 Å². The van der Waals surface area contributed by atoms with Crippen molar-refractivity contribution >= 4 is 11.8 Å². The Balaban J connectivity index is 2.10. The number of amides is 1. The number of halogens is 1. The van der Waals surface area contributed by atoms with E-state index in [4.69, 9.17) is 5.11 Å². The number of hydrogen-bond donors (Lipinski definition) is 2. The number of carbonyl (C=O) groups is 1. The molecule has 0 saturated carbocycles. The van der Waals surface area contributed by atoms with E-state index in [1.54, 1.807) is 44.2 Å². The van der Waals surface area contributed by atoms with Gasteiger partial charge in [0.2, 0.25) is 0 Å². The SMILES string of the molecule is CC(C)(NC(=O)O)c1ccc(-c2ncc([N+](=O)[O-])cc2-c2ccccc2F)cc1. The molecule has 1 amide bonds. The van der Waals surface area contributed by atoms with Crippen LogP contribution in [-0.4, -0.2) is 21.1 Å². The van der Waals surface area contributed by atoms with Crippen molar-refractivity contribution in [1.29, 1.82) is 0 Å². The normalized spacial score (nSPS) is 11.1. The fraction of sp³-hybridized carbons (Fsp3) is 0.143. The highest BCUT2D eigenvalue weighted by atomic mass is 19.1. The summed E-state index contributed by atoms with van der Waals surface area (Å²) in [7, 11) is 0. The van der Waals surface area contributed by atoms with E-state index in [2.05, 4.69) is 10.3 Å². The van der Waals surface area contributed by atoms with Gasteiger partial charge in [0, 0.05) is 22.8 Å². The molecule has 0 saturated heterocycles. The summed E-state index contributed by atoms with van der Waals surface area (Å²) in [5.74, 6) is -0.514. The molecule has 1 heterocycles. The molecule has 2 N–H and O–H groups in total. The maximum atomic E-state index is 14.4. The van der Waals surface area contributed by atoms with E-state index >= 15 is 0 Å². The van der Waals surface area contributed by atoms with Gasteiger partial charge in [-0.3, -0.25) is 10.1 Å². The highest BCUT2D eigenvalue weighted by Crippen LogP contribution is 2.35. The van der Waals surface area contributed by atoms with Crippen molar-refractivity contribution in [1.82, 2.24) is 10.3 Å². The lowest BCUT2D eigenvalue weighted by Gasteiger charge is -2.25. The predicted molar refractivity (Wildman–Crippen MR) is 106 cm³/mol. The molecule has 2 aromatic carbocycles. The summed E-state index contributed by atoms with van der Waals surface area (Å²) in [6, 6.07) is 14.2. The largest absolute Gasteiger partial charge is 0.465 e. The van der Waals surface area contributed by atoms with Gasteiger partial charge in [-0.15, -0.1) is 0 Å². The Labute approximate surface area is 166 Å². The van der Waals surface area contributed by atoms with E-state index in [0.29, 0.717) is 16.8 Å². The van der Waals surface area contributed by atoms with Gasteiger partial charge >= 0.3 is 6.09 Å². The van der Waals surface area contributed by atoms with Crippen LogP contribution in [0.4, 0.5) is 14.9 Å². The summed E-state index contributed by atoms with van der Waals surface area (Å²) in [4.78, 5) is 25.8. The van der Waals surface area contributed by atoms with Crippen LogP contribution in [0.15, 0.2) is 60.8 Å². The molecule has 0 bridgehead atoms. The minimum absolute atomic E-state index is 0.204. The summed E-state index contributed by atoms with van der Waals surface area (Å²) < 4.78 is 14.4. The van der Waals surface area contributed by atoms with Gasteiger partial charge < -0.3 is 10.4 Å². The molecule has 0 radical (unpaired) electrons. The van der Waals surface area contributed by atoms with Gasteiger partial charge in [0.15, 0.2) is 0 Å². The van der Waals surface area contributed by atoms with Crippen molar-refractivity contribution in [2.45, 2.75) is 19.4 Å². The number of rotatable bonds is 5. The molecule has 1 aromatic heterocycles. The second-order valence-electron chi connectivity index (χ2n) is 6.96. The van der Waals surface area contributed by atoms with E-state index in [1.807, 2.05) is 0 Å². The van der Waals surface area contributed by atoms with Crippen LogP contribution in [0.2, 0.25) is 0 Å². The zero-order chi connectivity index (χ0) is 21.2. The fourth-order valence-corrected chi connectivity index (χ4v) is 3.05. The molecule has 0 spiro atoms. The van der Waals surface area contributed by atoms with Crippen molar-refractivity contribution < 1.29 is 19.2 Å². The molecule has 3 aromatic rings. The molecule has 7 nitrogen and oxygen atoms in total. The molecule has 0 unspecified atom stereocenters. The third-order valence-electron chi connectivity index (χ3n) is 4.55. The summed E-state index contributed by atoms with van der Waals surface area (Å²) in [5.41, 5.74) is 1.17. The number of nitrogens with one attached hydrogen (secondary N) is 1. The van der Waals surface area contributed by atoms with Crippen molar-refractivity contribution in [2.75, 3.05) is 0 Å². The Morgan fingerprint density at radius 1 is 1.14 bits per heavy atom. The van der Waals surface area contributed by atoms with E-state index in [9.17, 15) is 19.3 Å². The Morgan fingerprint density at radius 3 is 2.38 bits per heavy atom. The van der Waals surface area contributed by atoms with Gasteiger partial charge in [-0.2, -0.15) is 0 Å². The predicted octanol–water partition coefficient (Wildman–Crippen LogP) is 4.97. The highest BCUT2D eigenvalue weighted by Gasteiger charge is 2.23. The summed E-state index contributed by atoms with van der Waals surface area (Å²) in [5, 5.41) is 22.6. The van der Waals surface area contributed by atoms with Crippen molar-refractivity contribution in [3.63, 3.8) is 0 Å². The number of benzene rings is 2. The number of pyridine rings is 1. The fourth-order valence-electron chi connectivity index (χ4n) is 3.05. The monoisotopic (exact) mass is 395 g/mol. The van der Waals surface area contributed by atoms with Gasteiger partial charge in [0.05, 0.1) is 16.2 Å². The second-order valence-corrected chi connectivity index (χ2v) is 6.96. The zero-order valence-electron chi connectivity index (χ0n) is 15.7. The standard InChI is InChI=1S/C21H18FN3O4/c1-21(2,24-20(26)27)14-9-7-13(8-10-14)19-17(11-15(12-23-19)25(28)29)16-5-3-4-6-18(16)22/h3-12,24H,1-2H3,(H,26,27). The lowest BCUT2D eigenvalue weighted by molar-refractivity contribution is -0.385. The van der Waals surface area contributed by atoms with Crippen LogP contribution in [0.5, 0.6) is 0 Å². The Hall–Kier alpha value is -3.81.